The van der Waals surface area contributed by atoms with E-state index in [0.717, 1.165) is 61.2 Å². The molecule has 1 aromatic carbocycles. The van der Waals surface area contributed by atoms with E-state index in [4.69, 9.17) is 0 Å². The number of fused-ring (bicyclic) bond motifs is 1. The number of urea groups is 2. The average Bonchev–Trinajstić information content (AvgIpc) is 3.28. The quantitative estimate of drug-likeness (QED) is 0.623. The van der Waals surface area contributed by atoms with Crippen molar-refractivity contribution in [2.24, 2.45) is 0 Å². The second-order valence-electron chi connectivity index (χ2n) is 9.35. The maximum absolute atomic E-state index is 12.6. The normalized spacial score (nSPS) is 19.4. The standard InChI is InChI=1S/C25H36N6O2/c1-18-16-23(21-10-6-7-11-22(21)27-18)29-24(32)26-13-15-31-14-12-20(17-31)30(2)25(33)28-19-8-4-3-5-9-19/h6-7,10-11,16,19-20H,3-5,8-9,12-15,17H2,1-2H3,(H,28,33)(H2,26,27,29,32). The summed E-state index contributed by atoms with van der Waals surface area (Å²) in [5, 5.41) is 10.1. The van der Waals surface area contributed by atoms with E-state index < -0.39 is 0 Å². The molecule has 8 nitrogen and oxygen atoms in total. The van der Waals surface area contributed by atoms with Gasteiger partial charge in [-0.2, -0.15) is 0 Å². The average molecular weight is 453 g/mol. The summed E-state index contributed by atoms with van der Waals surface area (Å²) in [6, 6.07) is 10.1. The number of nitrogens with one attached hydrogen (secondary N) is 3. The first-order valence-electron chi connectivity index (χ1n) is 12.2. The molecule has 2 heterocycles. The minimum absolute atomic E-state index is 0.0473. The first kappa shape index (κ1) is 23.3. The summed E-state index contributed by atoms with van der Waals surface area (Å²) < 4.78 is 0. The first-order valence-corrected chi connectivity index (χ1v) is 12.2. The molecule has 4 amide bonds. The van der Waals surface area contributed by atoms with Gasteiger partial charge >= 0.3 is 12.1 Å². The predicted octanol–water partition coefficient (Wildman–Crippen LogP) is 3.71. The number of nitrogens with zero attached hydrogens (tertiary/aromatic N) is 3. The SMILES string of the molecule is Cc1cc(NC(=O)NCCN2CCC(N(C)C(=O)NC3CCCCC3)C2)c2ccccc2n1. The van der Waals surface area contributed by atoms with Crippen LogP contribution in [0.4, 0.5) is 15.3 Å². The summed E-state index contributed by atoms with van der Waals surface area (Å²) >= 11 is 0. The first-order chi connectivity index (χ1) is 16.0. The van der Waals surface area contributed by atoms with Crippen molar-refractivity contribution in [3.8, 4) is 0 Å². The second-order valence-corrected chi connectivity index (χ2v) is 9.35. The summed E-state index contributed by atoms with van der Waals surface area (Å²) in [7, 11) is 1.90. The maximum atomic E-state index is 12.6. The molecule has 1 saturated carbocycles. The Labute approximate surface area is 196 Å². The van der Waals surface area contributed by atoms with Crippen LogP contribution >= 0.6 is 0 Å². The highest BCUT2D eigenvalue weighted by molar-refractivity contribution is 6.00. The van der Waals surface area contributed by atoms with Crippen molar-refractivity contribution < 1.29 is 9.59 Å². The van der Waals surface area contributed by atoms with E-state index >= 15 is 0 Å². The molecule has 0 radical (unpaired) electrons. The maximum Gasteiger partial charge on any atom is 0.319 e. The van der Waals surface area contributed by atoms with Crippen molar-refractivity contribution in [2.45, 2.75) is 57.5 Å². The number of hydrogen-bond donors (Lipinski definition) is 3. The van der Waals surface area contributed by atoms with Crippen LogP contribution < -0.4 is 16.0 Å². The zero-order valence-electron chi connectivity index (χ0n) is 19.8. The number of likely N-dealkylation sites (N-methyl/N-ethyl adjacent to an activating group) is 1. The van der Waals surface area contributed by atoms with Crippen LogP contribution in [0.5, 0.6) is 0 Å². The molecule has 2 fully saturated rings. The number of para-hydroxylation sites is 1. The van der Waals surface area contributed by atoms with Crippen LogP contribution in [0.2, 0.25) is 0 Å². The molecule has 4 rings (SSSR count). The topological polar surface area (TPSA) is 89.6 Å². The summed E-state index contributed by atoms with van der Waals surface area (Å²) in [6.07, 6.45) is 6.86. The van der Waals surface area contributed by atoms with Crippen molar-refractivity contribution in [2.75, 3.05) is 38.5 Å². The van der Waals surface area contributed by atoms with Gasteiger partial charge in [0.1, 0.15) is 0 Å². The fraction of sp³-hybridized carbons (Fsp3) is 0.560. The van der Waals surface area contributed by atoms with Crippen LogP contribution in [-0.2, 0) is 0 Å². The van der Waals surface area contributed by atoms with Crippen LogP contribution in [0.3, 0.4) is 0 Å². The Morgan fingerprint density at radius 1 is 1.15 bits per heavy atom. The second kappa shape index (κ2) is 10.8. The van der Waals surface area contributed by atoms with E-state index in [1.807, 2.05) is 49.2 Å². The monoisotopic (exact) mass is 452 g/mol. The molecular formula is C25H36N6O2. The van der Waals surface area contributed by atoms with Crippen LogP contribution in [0.25, 0.3) is 10.9 Å². The van der Waals surface area contributed by atoms with Gasteiger partial charge in [-0.25, -0.2) is 9.59 Å². The molecular weight excluding hydrogens is 416 g/mol. The number of carbonyl (C=O) groups is 2. The third-order valence-corrected chi connectivity index (χ3v) is 6.85. The lowest BCUT2D eigenvalue weighted by Crippen LogP contribution is -2.48. The van der Waals surface area contributed by atoms with Crippen molar-refractivity contribution in [1.29, 1.82) is 0 Å². The van der Waals surface area contributed by atoms with Gasteiger partial charge in [-0.3, -0.25) is 9.88 Å². The van der Waals surface area contributed by atoms with Gasteiger partial charge in [-0.05, 0) is 38.3 Å². The number of aromatic nitrogens is 1. The highest BCUT2D eigenvalue weighted by Crippen LogP contribution is 2.23. The predicted molar refractivity (Wildman–Crippen MR) is 132 cm³/mol. The fourth-order valence-electron chi connectivity index (χ4n) is 4.93. The van der Waals surface area contributed by atoms with Crippen LogP contribution in [0, 0.1) is 6.92 Å². The highest BCUT2D eigenvalue weighted by atomic mass is 16.2. The van der Waals surface area contributed by atoms with E-state index in [1.54, 1.807) is 0 Å². The van der Waals surface area contributed by atoms with Gasteiger partial charge in [0, 0.05) is 56.4 Å². The molecule has 3 N–H and O–H groups in total. The van der Waals surface area contributed by atoms with Gasteiger partial charge < -0.3 is 20.9 Å². The molecule has 8 heteroatoms. The Bertz CT molecular complexity index is 975. The van der Waals surface area contributed by atoms with Crippen molar-refractivity contribution in [3.63, 3.8) is 0 Å². The number of aryl methyl sites for hydroxylation is 1. The van der Waals surface area contributed by atoms with E-state index in [1.165, 1.54) is 19.3 Å². The molecule has 1 aliphatic carbocycles. The molecule has 33 heavy (non-hydrogen) atoms. The van der Waals surface area contributed by atoms with Crippen molar-refractivity contribution in [3.05, 3.63) is 36.0 Å². The Kier molecular flexibility index (Phi) is 7.65. The number of pyridine rings is 1. The Hall–Kier alpha value is -2.87. The van der Waals surface area contributed by atoms with Crippen LogP contribution in [0.1, 0.15) is 44.2 Å². The Morgan fingerprint density at radius 3 is 2.76 bits per heavy atom. The van der Waals surface area contributed by atoms with E-state index in [9.17, 15) is 9.59 Å². The lowest BCUT2D eigenvalue weighted by Gasteiger charge is -2.29. The molecule has 1 aliphatic heterocycles. The highest BCUT2D eigenvalue weighted by Gasteiger charge is 2.29. The minimum atomic E-state index is -0.217. The van der Waals surface area contributed by atoms with E-state index in [0.29, 0.717) is 12.6 Å². The summed E-state index contributed by atoms with van der Waals surface area (Å²) in [5.74, 6) is 0. The van der Waals surface area contributed by atoms with E-state index in [-0.39, 0.29) is 18.1 Å². The molecule has 0 bridgehead atoms. The summed E-state index contributed by atoms with van der Waals surface area (Å²) in [4.78, 5) is 33.8. The smallest absolute Gasteiger partial charge is 0.319 e. The fourth-order valence-corrected chi connectivity index (χ4v) is 4.93. The lowest BCUT2D eigenvalue weighted by molar-refractivity contribution is 0.182. The third kappa shape index (κ3) is 6.13. The molecule has 1 saturated heterocycles. The number of hydrogen-bond acceptors (Lipinski definition) is 4. The molecule has 1 unspecified atom stereocenters. The zero-order valence-corrected chi connectivity index (χ0v) is 19.8. The molecule has 178 valence electrons. The van der Waals surface area contributed by atoms with Crippen molar-refractivity contribution >= 4 is 28.7 Å². The van der Waals surface area contributed by atoms with Crippen LogP contribution in [-0.4, -0.2) is 72.2 Å². The molecule has 1 atom stereocenters. The molecule has 0 spiro atoms. The minimum Gasteiger partial charge on any atom is -0.337 e. The number of amides is 4. The van der Waals surface area contributed by atoms with Gasteiger partial charge in [0.05, 0.1) is 11.2 Å². The molecule has 1 aromatic heterocycles. The van der Waals surface area contributed by atoms with Gasteiger partial charge in [0.15, 0.2) is 0 Å². The third-order valence-electron chi connectivity index (χ3n) is 6.85. The number of benzene rings is 1. The van der Waals surface area contributed by atoms with Gasteiger partial charge in [0.25, 0.3) is 0 Å². The Morgan fingerprint density at radius 2 is 1.94 bits per heavy atom. The number of likely N-dealkylation sites (tertiary alicyclic amines) is 1. The molecule has 2 aromatic rings. The zero-order chi connectivity index (χ0) is 23.2. The molecule has 2 aliphatic rings. The number of rotatable bonds is 6. The summed E-state index contributed by atoms with van der Waals surface area (Å²) in [5.41, 5.74) is 2.50. The summed E-state index contributed by atoms with van der Waals surface area (Å²) in [6.45, 7) is 5.01. The van der Waals surface area contributed by atoms with Gasteiger partial charge in [-0.1, -0.05) is 37.5 Å². The largest absolute Gasteiger partial charge is 0.337 e. The van der Waals surface area contributed by atoms with Crippen molar-refractivity contribution in [1.82, 2.24) is 25.4 Å². The lowest BCUT2D eigenvalue weighted by atomic mass is 9.96. The van der Waals surface area contributed by atoms with Gasteiger partial charge in [-0.15, -0.1) is 0 Å². The van der Waals surface area contributed by atoms with E-state index in [2.05, 4.69) is 25.8 Å². The van der Waals surface area contributed by atoms with Crippen LogP contribution in [0.15, 0.2) is 30.3 Å². The van der Waals surface area contributed by atoms with Gasteiger partial charge in [0.2, 0.25) is 0 Å². The number of anilines is 1. The number of carbonyl (C=O) groups excluding carboxylic acids is 2. The Balaban J connectivity index is 1.20.